The molecule has 1 unspecified atom stereocenters. The highest BCUT2D eigenvalue weighted by Crippen LogP contribution is 2.23. The van der Waals surface area contributed by atoms with Gasteiger partial charge in [-0.2, -0.15) is 0 Å². The molecule has 0 aliphatic heterocycles. The standard InChI is InChI=1S/C17H28N2/c1-13(2)17(10-18)12-19(3)11-14-7-8-15-5-4-6-16(15)9-14/h7-9,13,17H,4-6,10-12,18H2,1-3H3. The fourth-order valence-electron chi connectivity index (χ4n) is 3.06. The number of rotatable bonds is 6. The first-order chi connectivity index (χ1) is 9.10. The molecule has 2 rings (SSSR count). The van der Waals surface area contributed by atoms with E-state index in [2.05, 4.69) is 44.0 Å². The lowest BCUT2D eigenvalue weighted by molar-refractivity contribution is 0.234. The van der Waals surface area contributed by atoms with Crippen LogP contribution in [0.3, 0.4) is 0 Å². The molecule has 19 heavy (non-hydrogen) atoms. The Bertz CT molecular complexity index is 412. The SMILES string of the molecule is CC(C)C(CN)CN(C)Cc1ccc2c(c1)CCC2. The van der Waals surface area contributed by atoms with E-state index < -0.39 is 0 Å². The van der Waals surface area contributed by atoms with Crippen LogP contribution in [0.4, 0.5) is 0 Å². The summed E-state index contributed by atoms with van der Waals surface area (Å²) in [5.41, 5.74) is 10.4. The van der Waals surface area contributed by atoms with E-state index in [1.165, 1.54) is 24.8 Å². The Kier molecular flexibility index (Phi) is 5.00. The molecule has 0 bridgehead atoms. The highest BCUT2D eigenvalue weighted by atomic mass is 15.1. The van der Waals surface area contributed by atoms with Crippen LogP contribution in [0.15, 0.2) is 18.2 Å². The molecule has 2 N–H and O–H groups in total. The van der Waals surface area contributed by atoms with Crippen molar-refractivity contribution in [3.05, 3.63) is 34.9 Å². The van der Waals surface area contributed by atoms with Crippen LogP contribution in [0.25, 0.3) is 0 Å². The number of fused-ring (bicyclic) bond motifs is 1. The van der Waals surface area contributed by atoms with E-state index in [9.17, 15) is 0 Å². The summed E-state index contributed by atoms with van der Waals surface area (Å²) in [5, 5.41) is 0. The third-order valence-corrected chi connectivity index (χ3v) is 4.41. The average molecular weight is 260 g/mol. The molecule has 0 heterocycles. The molecule has 1 aromatic carbocycles. The second kappa shape index (κ2) is 6.53. The maximum Gasteiger partial charge on any atom is 0.0230 e. The molecule has 0 saturated carbocycles. The highest BCUT2D eigenvalue weighted by Gasteiger charge is 2.15. The molecule has 0 saturated heterocycles. The third-order valence-electron chi connectivity index (χ3n) is 4.41. The van der Waals surface area contributed by atoms with Crippen LogP contribution in [-0.2, 0) is 19.4 Å². The second-order valence-electron chi connectivity index (χ2n) is 6.39. The summed E-state index contributed by atoms with van der Waals surface area (Å²) in [7, 11) is 2.21. The fraction of sp³-hybridized carbons (Fsp3) is 0.647. The van der Waals surface area contributed by atoms with Gasteiger partial charge in [0.15, 0.2) is 0 Å². The van der Waals surface area contributed by atoms with Crippen molar-refractivity contribution < 1.29 is 0 Å². The van der Waals surface area contributed by atoms with Gasteiger partial charge in [0.05, 0.1) is 0 Å². The van der Waals surface area contributed by atoms with Crippen molar-refractivity contribution >= 4 is 0 Å². The predicted molar refractivity (Wildman–Crippen MR) is 82.2 cm³/mol. The molecule has 2 heteroatoms. The van der Waals surface area contributed by atoms with Gasteiger partial charge < -0.3 is 10.6 Å². The van der Waals surface area contributed by atoms with E-state index in [1.54, 1.807) is 11.1 Å². The normalized spacial score (nSPS) is 16.1. The number of benzene rings is 1. The van der Waals surface area contributed by atoms with E-state index in [-0.39, 0.29) is 0 Å². The lowest BCUT2D eigenvalue weighted by atomic mass is 9.95. The van der Waals surface area contributed by atoms with E-state index in [0.29, 0.717) is 11.8 Å². The molecule has 2 nitrogen and oxygen atoms in total. The van der Waals surface area contributed by atoms with Gasteiger partial charge in [0.1, 0.15) is 0 Å². The Labute approximate surface area is 118 Å². The van der Waals surface area contributed by atoms with E-state index in [4.69, 9.17) is 5.73 Å². The molecule has 0 aromatic heterocycles. The molecule has 0 fully saturated rings. The summed E-state index contributed by atoms with van der Waals surface area (Å²) in [6.45, 7) is 7.44. The van der Waals surface area contributed by atoms with Gasteiger partial charge in [-0.05, 0) is 61.4 Å². The van der Waals surface area contributed by atoms with Gasteiger partial charge in [-0.1, -0.05) is 32.0 Å². The topological polar surface area (TPSA) is 29.3 Å². The quantitative estimate of drug-likeness (QED) is 0.852. The van der Waals surface area contributed by atoms with Crippen LogP contribution in [-0.4, -0.2) is 25.0 Å². The van der Waals surface area contributed by atoms with Crippen molar-refractivity contribution in [2.45, 2.75) is 39.7 Å². The van der Waals surface area contributed by atoms with Crippen LogP contribution in [0, 0.1) is 11.8 Å². The molecule has 1 atom stereocenters. The van der Waals surface area contributed by atoms with Crippen molar-refractivity contribution in [3.63, 3.8) is 0 Å². The van der Waals surface area contributed by atoms with Gasteiger partial charge in [0.2, 0.25) is 0 Å². The summed E-state index contributed by atoms with van der Waals surface area (Å²) < 4.78 is 0. The Morgan fingerprint density at radius 3 is 2.63 bits per heavy atom. The van der Waals surface area contributed by atoms with Crippen molar-refractivity contribution in [2.24, 2.45) is 17.6 Å². The van der Waals surface area contributed by atoms with Crippen LogP contribution in [0.2, 0.25) is 0 Å². The highest BCUT2D eigenvalue weighted by molar-refractivity contribution is 5.35. The number of aryl methyl sites for hydroxylation is 2. The monoisotopic (exact) mass is 260 g/mol. The van der Waals surface area contributed by atoms with Crippen LogP contribution >= 0.6 is 0 Å². The summed E-state index contributed by atoms with van der Waals surface area (Å²) in [4.78, 5) is 2.41. The number of nitrogens with zero attached hydrogens (tertiary/aromatic N) is 1. The van der Waals surface area contributed by atoms with Crippen LogP contribution in [0.1, 0.15) is 37.0 Å². The zero-order chi connectivity index (χ0) is 13.8. The maximum absolute atomic E-state index is 5.86. The first kappa shape index (κ1) is 14.5. The maximum atomic E-state index is 5.86. The molecule has 0 radical (unpaired) electrons. The summed E-state index contributed by atoms with van der Waals surface area (Å²) in [6.07, 6.45) is 3.87. The molecule has 1 aromatic rings. The van der Waals surface area contributed by atoms with Gasteiger partial charge in [-0.25, -0.2) is 0 Å². The van der Waals surface area contributed by atoms with E-state index in [1.807, 2.05) is 0 Å². The summed E-state index contributed by atoms with van der Waals surface area (Å²) >= 11 is 0. The minimum atomic E-state index is 0.597. The molecule has 0 spiro atoms. The Morgan fingerprint density at radius 2 is 1.95 bits per heavy atom. The fourth-order valence-corrected chi connectivity index (χ4v) is 3.06. The minimum absolute atomic E-state index is 0.597. The number of nitrogens with two attached hydrogens (primary N) is 1. The molecule has 1 aliphatic carbocycles. The molecule has 106 valence electrons. The van der Waals surface area contributed by atoms with Gasteiger partial charge in [-0.15, -0.1) is 0 Å². The first-order valence-electron chi connectivity index (χ1n) is 7.59. The lowest BCUT2D eigenvalue weighted by Crippen LogP contribution is -2.32. The summed E-state index contributed by atoms with van der Waals surface area (Å²) in [5.74, 6) is 1.26. The Morgan fingerprint density at radius 1 is 1.21 bits per heavy atom. The molecule has 0 amide bonds. The van der Waals surface area contributed by atoms with Crippen LogP contribution in [0.5, 0.6) is 0 Å². The number of hydrogen-bond acceptors (Lipinski definition) is 2. The van der Waals surface area contributed by atoms with Gasteiger partial charge in [0.25, 0.3) is 0 Å². The average Bonchev–Trinajstić information content (AvgIpc) is 2.82. The summed E-state index contributed by atoms with van der Waals surface area (Å²) in [6, 6.07) is 7.04. The first-order valence-corrected chi connectivity index (χ1v) is 7.59. The van der Waals surface area contributed by atoms with Crippen molar-refractivity contribution in [3.8, 4) is 0 Å². The van der Waals surface area contributed by atoms with Gasteiger partial charge in [-0.3, -0.25) is 0 Å². The van der Waals surface area contributed by atoms with E-state index >= 15 is 0 Å². The zero-order valence-corrected chi connectivity index (χ0v) is 12.7. The molecule has 1 aliphatic rings. The minimum Gasteiger partial charge on any atom is -0.330 e. The van der Waals surface area contributed by atoms with Crippen molar-refractivity contribution in [1.29, 1.82) is 0 Å². The largest absolute Gasteiger partial charge is 0.330 e. The lowest BCUT2D eigenvalue weighted by Gasteiger charge is -2.26. The Balaban J connectivity index is 1.93. The van der Waals surface area contributed by atoms with Crippen molar-refractivity contribution in [2.75, 3.05) is 20.1 Å². The second-order valence-corrected chi connectivity index (χ2v) is 6.39. The van der Waals surface area contributed by atoms with E-state index in [0.717, 1.165) is 19.6 Å². The number of hydrogen-bond donors (Lipinski definition) is 1. The third kappa shape index (κ3) is 3.80. The Hall–Kier alpha value is -0.860. The van der Waals surface area contributed by atoms with Crippen molar-refractivity contribution in [1.82, 2.24) is 4.90 Å². The van der Waals surface area contributed by atoms with Crippen LogP contribution < -0.4 is 5.73 Å². The van der Waals surface area contributed by atoms with Gasteiger partial charge in [0, 0.05) is 13.1 Å². The zero-order valence-electron chi connectivity index (χ0n) is 12.7. The van der Waals surface area contributed by atoms with Gasteiger partial charge >= 0.3 is 0 Å². The molecular formula is C17H28N2. The predicted octanol–water partition coefficient (Wildman–Crippen LogP) is 2.84. The smallest absolute Gasteiger partial charge is 0.0230 e. The molecular weight excluding hydrogens is 232 g/mol.